The SMILES string of the molecule is CCC1(c2cc(N3CCCc4cc(/C=C(/C=C/C5=C(C#N)C(=C(C#N)C#N)OC5(C)C)c5cccs5)ccc43)ccc2OC)CC2CCCC(C2)C1. The lowest BCUT2D eigenvalue weighted by Gasteiger charge is -2.48. The fourth-order valence-electron chi connectivity index (χ4n) is 9.39. The van der Waals surface area contributed by atoms with Crippen molar-refractivity contribution >= 4 is 34.4 Å². The third-order valence-corrected chi connectivity index (χ3v) is 12.8. The van der Waals surface area contributed by atoms with Crippen molar-refractivity contribution in [2.75, 3.05) is 18.6 Å². The molecule has 1 aromatic heterocycles. The van der Waals surface area contributed by atoms with Crippen LogP contribution in [0.4, 0.5) is 11.4 Å². The maximum atomic E-state index is 10.0. The summed E-state index contributed by atoms with van der Waals surface area (Å²) in [6.45, 7) is 7.06. The molecule has 4 aliphatic rings. The van der Waals surface area contributed by atoms with E-state index in [2.05, 4.69) is 71.8 Å². The van der Waals surface area contributed by atoms with Crippen molar-refractivity contribution in [2.24, 2.45) is 11.8 Å². The van der Waals surface area contributed by atoms with Gasteiger partial charge in [-0.15, -0.1) is 11.3 Å². The lowest BCUT2D eigenvalue weighted by atomic mass is 9.57. The van der Waals surface area contributed by atoms with Crippen LogP contribution in [0.3, 0.4) is 0 Å². The van der Waals surface area contributed by atoms with E-state index in [4.69, 9.17) is 9.47 Å². The number of aryl methyl sites for hydroxylation is 1. The van der Waals surface area contributed by atoms with Gasteiger partial charge in [-0.1, -0.05) is 50.5 Å². The Morgan fingerprint density at radius 2 is 1.83 bits per heavy atom. The summed E-state index contributed by atoms with van der Waals surface area (Å²) in [4.78, 5) is 3.60. The summed E-state index contributed by atoms with van der Waals surface area (Å²) >= 11 is 1.66. The molecule has 2 fully saturated rings. The number of benzene rings is 2. The zero-order chi connectivity index (χ0) is 36.5. The molecule has 6 nitrogen and oxygen atoms in total. The topological polar surface area (TPSA) is 93.1 Å². The highest BCUT2D eigenvalue weighted by Crippen LogP contribution is 2.54. The minimum atomic E-state index is -0.875. The number of allylic oxidation sites excluding steroid dienone is 4. The Hall–Kier alpha value is -5.03. The van der Waals surface area contributed by atoms with E-state index in [9.17, 15) is 15.8 Å². The molecule has 264 valence electrons. The molecule has 2 aliphatic carbocycles. The number of nitrogens with zero attached hydrogens (tertiary/aromatic N) is 4. The van der Waals surface area contributed by atoms with Gasteiger partial charge in [-0.25, -0.2) is 0 Å². The van der Waals surface area contributed by atoms with Crippen LogP contribution in [0.25, 0.3) is 11.6 Å². The Morgan fingerprint density at radius 1 is 1.04 bits per heavy atom. The van der Waals surface area contributed by atoms with Crippen LogP contribution in [0, 0.1) is 45.8 Å². The maximum Gasteiger partial charge on any atom is 0.172 e. The van der Waals surface area contributed by atoms with Crippen LogP contribution in [-0.2, 0) is 16.6 Å². The normalized spacial score (nSPS) is 23.8. The number of rotatable bonds is 8. The maximum absolute atomic E-state index is 10.0. The molecular formula is C45H46N4O2S. The van der Waals surface area contributed by atoms with Gasteiger partial charge in [-0.2, -0.15) is 15.8 Å². The first-order valence-electron chi connectivity index (χ1n) is 18.6. The highest BCUT2D eigenvalue weighted by Gasteiger charge is 2.44. The van der Waals surface area contributed by atoms with E-state index < -0.39 is 5.60 Å². The van der Waals surface area contributed by atoms with Gasteiger partial charge in [0.15, 0.2) is 11.3 Å². The molecule has 7 rings (SSSR count). The number of fused-ring (bicyclic) bond motifs is 3. The molecule has 0 radical (unpaired) electrons. The zero-order valence-corrected chi connectivity index (χ0v) is 31.5. The van der Waals surface area contributed by atoms with Crippen LogP contribution in [0.15, 0.2) is 88.5 Å². The number of methoxy groups -OCH3 is 1. The van der Waals surface area contributed by atoms with E-state index in [1.165, 1.54) is 61.0 Å². The lowest BCUT2D eigenvalue weighted by molar-refractivity contribution is 0.0954. The fraction of sp³-hybridized carbons (Fsp3) is 0.400. The number of ether oxygens (including phenoxy) is 2. The molecule has 2 atom stereocenters. The molecular weight excluding hydrogens is 661 g/mol. The summed E-state index contributed by atoms with van der Waals surface area (Å²) in [5.41, 5.74) is 7.30. The van der Waals surface area contributed by atoms with Crippen molar-refractivity contribution in [2.45, 2.75) is 89.6 Å². The number of anilines is 2. The molecule has 7 heteroatoms. The second kappa shape index (κ2) is 14.5. The Balaban J connectivity index is 1.23. The predicted molar refractivity (Wildman–Crippen MR) is 209 cm³/mol. The molecule has 3 aromatic rings. The van der Waals surface area contributed by atoms with E-state index in [0.717, 1.165) is 59.4 Å². The first-order valence-corrected chi connectivity index (χ1v) is 19.5. The predicted octanol–water partition coefficient (Wildman–Crippen LogP) is 11.1. The Morgan fingerprint density at radius 3 is 2.50 bits per heavy atom. The summed E-state index contributed by atoms with van der Waals surface area (Å²) in [5.74, 6) is 2.74. The smallest absolute Gasteiger partial charge is 0.172 e. The molecule has 0 spiro atoms. The van der Waals surface area contributed by atoms with Gasteiger partial charge in [0.2, 0.25) is 0 Å². The molecule has 2 aliphatic heterocycles. The molecule has 0 N–H and O–H groups in total. The molecule has 2 saturated carbocycles. The van der Waals surface area contributed by atoms with E-state index in [1.54, 1.807) is 11.3 Å². The van der Waals surface area contributed by atoms with Gasteiger partial charge >= 0.3 is 0 Å². The summed E-state index contributed by atoms with van der Waals surface area (Å²) in [6, 6.07) is 23.8. The van der Waals surface area contributed by atoms with E-state index in [0.29, 0.717) is 5.57 Å². The van der Waals surface area contributed by atoms with Crippen LogP contribution >= 0.6 is 11.3 Å². The average Bonchev–Trinajstić information content (AvgIpc) is 3.79. The first kappa shape index (κ1) is 35.4. The highest BCUT2D eigenvalue weighted by atomic mass is 32.1. The second-order valence-corrected chi connectivity index (χ2v) is 16.3. The summed E-state index contributed by atoms with van der Waals surface area (Å²) in [5, 5.41) is 31.1. The Bertz CT molecular complexity index is 2090. The Kier molecular flexibility index (Phi) is 9.89. The van der Waals surface area contributed by atoms with Crippen LogP contribution in [0.2, 0.25) is 0 Å². The number of nitriles is 3. The molecule has 0 amide bonds. The minimum Gasteiger partial charge on any atom is -0.496 e. The van der Waals surface area contributed by atoms with E-state index in [-0.39, 0.29) is 22.3 Å². The van der Waals surface area contributed by atoms with Gasteiger partial charge in [0.05, 0.1) is 7.11 Å². The van der Waals surface area contributed by atoms with Crippen LogP contribution in [-0.4, -0.2) is 19.3 Å². The Labute approximate surface area is 312 Å². The van der Waals surface area contributed by atoms with Crippen molar-refractivity contribution < 1.29 is 9.47 Å². The van der Waals surface area contributed by atoms with Gasteiger partial charge in [0.1, 0.15) is 35.1 Å². The minimum absolute atomic E-state index is 0.0492. The second-order valence-electron chi connectivity index (χ2n) is 15.3. The van der Waals surface area contributed by atoms with Gasteiger partial charge < -0.3 is 14.4 Å². The standard InChI is InChI=1S/C45H46N4O2S/c1-5-45(25-31-9-6-10-32(21-31)26-45)39-24-36(15-18-41(39)50-4)49-19-7-11-33-22-30(13-17-40(33)49)23-34(42-12-8-20-52-42)14-16-38-37(29-48)43(35(27-46)28-47)51-44(38,2)3/h8,12-18,20,22-24,31-32H,5-7,9-11,19,21,25-26H2,1-4H3/b16-14+,34-23-. The third kappa shape index (κ3) is 6.58. The summed E-state index contributed by atoms with van der Waals surface area (Å²) in [7, 11) is 1.83. The molecule has 52 heavy (non-hydrogen) atoms. The lowest BCUT2D eigenvalue weighted by Crippen LogP contribution is -2.39. The van der Waals surface area contributed by atoms with E-state index in [1.807, 2.05) is 51.3 Å². The van der Waals surface area contributed by atoms with Gasteiger partial charge in [0.25, 0.3) is 0 Å². The van der Waals surface area contributed by atoms with E-state index >= 15 is 0 Å². The highest BCUT2D eigenvalue weighted by molar-refractivity contribution is 7.11. The largest absolute Gasteiger partial charge is 0.496 e. The monoisotopic (exact) mass is 706 g/mol. The number of hydrogen-bond donors (Lipinski definition) is 0. The fourth-order valence-corrected chi connectivity index (χ4v) is 10.1. The molecule has 3 heterocycles. The van der Waals surface area contributed by atoms with Gasteiger partial charge in [-0.05, 0) is 134 Å². The first-order chi connectivity index (χ1) is 25.2. The molecule has 2 bridgehead atoms. The van der Waals surface area contributed by atoms with Crippen LogP contribution in [0.5, 0.6) is 5.75 Å². The van der Waals surface area contributed by atoms with Crippen LogP contribution < -0.4 is 9.64 Å². The summed E-state index contributed by atoms with van der Waals surface area (Å²) < 4.78 is 12.1. The van der Waals surface area contributed by atoms with Crippen molar-refractivity contribution in [3.8, 4) is 24.0 Å². The van der Waals surface area contributed by atoms with Crippen LogP contribution in [0.1, 0.15) is 93.7 Å². The molecule has 0 saturated heterocycles. The van der Waals surface area contributed by atoms with Crippen molar-refractivity contribution in [3.63, 3.8) is 0 Å². The van der Waals surface area contributed by atoms with Gasteiger partial charge in [-0.3, -0.25) is 0 Å². The summed E-state index contributed by atoms with van der Waals surface area (Å²) in [6.07, 6.45) is 17.4. The number of thiophene rings is 1. The number of hydrogen-bond acceptors (Lipinski definition) is 7. The average molecular weight is 707 g/mol. The molecule has 2 unspecified atom stereocenters. The quantitative estimate of drug-likeness (QED) is 0.171. The van der Waals surface area contributed by atoms with Crippen molar-refractivity contribution in [1.82, 2.24) is 0 Å². The zero-order valence-electron chi connectivity index (χ0n) is 30.7. The molecule has 2 aromatic carbocycles. The van der Waals surface area contributed by atoms with Crippen molar-refractivity contribution in [1.29, 1.82) is 15.8 Å². The van der Waals surface area contributed by atoms with Gasteiger partial charge in [0, 0.05) is 33.9 Å². The third-order valence-electron chi connectivity index (χ3n) is 11.8. The van der Waals surface area contributed by atoms with Crippen molar-refractivity contribution in [3.05, 3.63) is 110 Å².